The number of amides is 3. The number of carbonyl (C=O) groups excluding carboxylic acids is 4. The Kier molecular flexibility index (Phi) is 6.78. The van der Waals surface area contributed by atoms with Gasteiger partial charge < -0.3 is 10.1 Å². The molecule has 1 saturated carbocycles. The number of rotatable bonds is 5. The first-order valence-corrected chi connectivity index (χ1v) is 11.2. The molecular formula is C20H22Br2N2O5. The van der Waals surface area contributed by atoms with Gasteiger partial charge in [-0.2, -0.15) is 0 Å². The number of esters is 1. The van der Waals surface area contributed by atoms with Crippen molar-refractivity contribution < 1.29 is 23.9 Å². The zero-order valence-corrected chi connectivity index (χ0v) is 19.3. The summed E-state index contributed by atoms with van der Waals surface area (Å²) in [5, 5.41) is 2.72. The summed E-state index contributed by atoms with van der Waals surface area (Å²) >= 11 is 7.04. The van der Waals surface area contributed by atoms with Crippen molar-refractivity contribution in [2.45, 2.75) is 36.3 Å². The number of para-hydroxylation sites is 1. The van der Waals surface area contributed by atoms with Crippen molar-refractivity contribution >= 4 is 61.2 Å². The second-order valence-corrected chi connectivity index (χ2v) is 9.81. The molecule has 0 radical (unpaired) electrons. The van der Waals surface area contributed by atoms with E-state index in [1.165, 1.54) is 0 Å². The number of alkyl halides is 2. The predicted octanol–water partition coefficient (Wildman–Crippen LogP) is 2.71. The lowest BCUT2D eigenvalue weighted by Crippen LogP contribution is -2.37. The van der Waals surface area contributed by atoms with Crippen molar-refractivity contribution in [3.63, 3.8) is 0 Å². The summed E-state index contributed by atoms with van der Waals surface area (Å²) in [7, 11) is 0. The van der Waals surface area contributed by atoms with Gasteiger partial charge in [-0.15, -0.1) is 0 Å². The minimum Gasteiger partial charge on any atom is -0.454 e. The number of imide groups is 1. The molecule has 1 aliphatic heterocycles. The van der Waals surface area contributed by atoms with Crippen molar-refractivity contribution in [1.82, 2.24) is 4.90 Å². The number of aryl methyl sites for hydroxylation is 2. The van der Waals surface area contributed by atoms with Crippen LogP contribution in [0.2, 0.25) is 0 Å². The molecule has 2 fully saturated rings. The summed E-state index contributed by atoms with van der Waals surface area (Å²) in [6, 6.07) is 5.62. The molecule has 1 aromatic carbocycles. The number of hydrogen-bond donors (Lipinski definition) is 1. The van der Waals surface area contributed by atoms with Crippen LogP contribution in [0.25, 0.3) is 0 Å². The highest BCUT2D eigenvalue weighted by Crippen LogP contribution is 2.43. The summed E-state index contributed by atoms with van der Waals surface area (Å²) in [6.45, 7) is 2.78. The highest BCUT2D eigenvalue weighted by molar-refractivity contribution is 9.12. The minimum absolute atomic E-state index is 0.0981. The van der Waals surface area contributed by atoms with Crippen LogP contribution in [0.4, 0.5) is 5.69 Å². The fourth-order valence-corrected chi connectivity index (χ4v) is 5.06. The molecule has 156 valence electrons. The van der Waals surface area contributed by atoms with Gasteiger partial charge in [0.1, 0.15) is 6.54 Å². The lowest BCUT2D eigenvalue weighted by atomic mass is 9.81. The molecule has 1 saturated heterocycles. The quantitative estimate of drug-likeness (QED) is 0.359. The van der Waals surface area contributed by atoms with Crippen LogP contribution < -0.4 is 5.32 Å². The molecule has 1 heterocycles. The molecule has 2 aliphatic rings. The van der Waals surface area contributed by atoms with Gasteiger partial charge in [0.05, 0.1) is 11.8 Å². The van der Waals surface area contributed by atoms with Crippen molar-refractivity contribution in [1.29, 1.82) is 0 Å². The van der Waals surface area contributed by atoms with Crippen molar-refractivity contribution in [3.8, 4) is 0 Å². The lowest BCUT2D eigenvalue weighted by molar-refractivity contribution is -0.154. The van der Waals surface area contributed by atoms with Crippen LogP contribution in [0, 0.1) is 25.7 Å². The summed E-state index contributed by atoms with van der Waals surface area (Å²) < 4.78 is 4.99. The van der Waals surface area contributed by atoms with Crippen LogP contribution in [-0.4, -0.2) is 51.4 Å². The topological polar surface area (TPSA) is 92.8 Å². The van der Waals surface area contributed by atoms with E-state index < -0.39 is 36.9 Å². The Bertz CT molecular complexity index is 811. The van der Waals surface area contributed by atoms with E-state index >= 15 is 0 Å². The van der Waals surface area contributed by atoms with Gasteiger partial charge in [0, 0.05) is 15.3 Å². The summed E-state index contributed by atoms with van der Waals surface area (Å²) in [4.78, 5) is 50.6. The summed E-state index contributed by atoms with van der Waals surface area (Å²) in [5.74, 6) is -2.79. The lowest BCUT2D eigenvalue weighted by Gasteiger charge is -2.29. The van der Waals surface area contributed by atoms with E-state index in [1.807, 2.05) is 32.0 Å². The van der Waals surface area contributed by atoms with E-state index in [1.54, 1.807) is 0 Å². The molecule has 1 aromatic rings. The molecule has 29 heavy (non-hydrogen) atoms. The third-order valence-electron chi connectivity index (χ3n) is 5.40. The van der Waals surface area contributed by atoms with Crippen LogP contribution in [0.1, 0.15) is 24.0 Å². The smallest absolute Gasteiger partial charge is 0.326 e. The van der Waals surface area contributed by atoms with Crippen LogP contribution in [-0.2, 0) is 23.9 Å². The molecule has 1 aliphatic carbocycles. The van der Waals surface area contributed by atoms with Crippen molar-refractivity contribution in [2.75, 3.05) is 18.5 Å². The molecule has 0 aromatic heterocycles. The molecule has 7 nitrogen and oxygen atoms in total. The maximum Gasteiger partial charge on any atom is 0.326 e. The zero-order valence-electron chi connectivity index (χ0n) is 16.1. The Labute approximate surface area is 185 Å². The Morgan fingerprint density at radius 2 is 1.59 bits per heavy atom. The van der Waals surface area contributed by atoms with Crippen molar-refractivity contribution in [3.05, 3.63) is 29.3 Å². The van der Waals surface area contributed by atoms with E-state index in [9.17, 15) is 19.2 Å². The number of anilines is 1. The third-order valence-corrected chi connectivity index (χ3v) is 8.13. The number of halogens is 2. The van der Waals surface area contributed by atoms with E-state index in [0.717, 1.165) is 16.0 Å². The second kappa shape index (κ2) is 8.95. The molecule has 0 spiro atoms. The predicted molar refractivity (Wildman–Crippen MR) is 114 cm³/mol. The second-order valence-electron chi connectivity index (χ2n) is 7.45. The SMILES string of the molecule is Cc1cccc(C)c1NC(=O)COC(=O)CN1C(=O)[C@H]2C[C@@H](Br)[C@@H](Br)C[C@H]2C1=O. The van der Waals surface area contributed by atoms with Gasteiger partial charge in [-0.05, 0) is 37.8 Å². The Hall–Kier alpha value is -1.74. The first kappa shape index (κ1) is 22.0. The van der Waals surface area contributed by atoms with Crippen LogP contribution in [0.5, 0.6) is 0 Å². The number of nitrogens with zero attached hydrogens (tertiary/aromatic N) is 1. The first-order valence-electron chi connectivity index (χ1n) is 9.34. The van der Waals surface area contributed by atoms with Crippen LogP contribution in [0.3, 0.4) is 0 Å². The highest BCUT2D eigenvalue weighted by Gasteiger charge is 2.52. The maximum atomic E-state index is 12.6. The number of carbonyl (C=O) groups is 4. The fourth-order valence-electron chi connectivity index (χ4n) is 3.83. The van der Waals surface area contributed by atoms with E-state index in [-0.39, 0.29) is 21.5 Å². The number of nitrogens with one attached hydrogen (secondary N) is 1. The highest BCUT2D eigenvalue weighted by atomic mass is 79.9. The molecule has 0 bridgehead atoms. The monoisotopic (exact) mass is 528 g/mol. The number of hydrogen-bond acceptors (Lipinski definition) is 5. The zero-order chi connectivity index (χ0) is 21.3. The van der Waals surface area contributed by atoms with E-state index in [0.29, 0.717) is 18.5 Å². The molecule has 0 unspecified atom stereocenters. The number of ether oxygens (including phenoxy) is 1. The number of likely N-dealkylation sites (tertiary alicyclic amines) is 1. The number of fused-ring (bicyclic) bond motifs is 1. The standard InChI is InChI=1S/C20H22Br2N2O5/c1-10-4-3-5-11(2)18(10)23-16(25)9-29-17(26)8-24-19(27)12-6-14(21)15(22)7-13(12)20(24)28/h3-5,12-15H,6-9H2,1-2H3,(H,23,25)/t12-,13+,14+,15-. The summed E-state index contributed by atoms with van der Waals surface area (Å²) in [5.41, 5.74) is 2.47. The Morgan fingerprint density at radius 3 is 2.10 bits per heavy atom. The molecule has 9 heteroatoms. The Balaban J connectivity index is 1.54. The van der Waals surface area contributed by atoms with E-state index in [4.69, 9.17) is 4.74 Å². The summed E-state index contributed by atoms with van der Waals surface area (Å²) in [6.07, 6.45) is 1.07. The first-order chi connectivity index (χ1) is 13.7. The van der Waals surface area contributed by atoms with Gasteiger partial charge in [0.2, 0.25) is 11.8 Å². The molecule has 1 N–H and O–H groups in total. The van der Waals surface area contributed by atoms with Gasteiger partial charge in [0.15, 0.2) is 6.61 Å². The van der Waals surface area contributed by atoms with Gasteiger partial charge >= 0.3 is 5.97 Å². The molecule has 3 rings (SSSR count). The fraction of sp³-hybridized carbons (Fsp3) is 0.500. The number of benzene rings is 1. The largest absolute Gasteiger partial charge is 0.454 e. The third kappa shape index (κ3) is 4.71. The van der Waals surface area contributed by atoms with Crippen molar-refractivity contribution in [2.24, 2.45) is 11.8 Å². The Morgan fingerprint density at radius 1 is 1.07 bits per heavy atom. The normalized spacial score (nSPS) is 26.3. The maximum absolute atomic E-state index is 12.6. The van der Waals surface area contributed by atoms with E-state index in [2.05, 4.69) is 37.2 Å². The average molecular weight is 530 g/mol. The van der Waals surface area contributed by atoms with Gasteiger partial charge in [0.25, 0.3) is 5.91 Å². The molecule has 4 atom stereocenters. The van der Waals surface area contributed by atoms with Gasteiger partial charge in [-0.3, -0.25) is 24.1 Å². The molecule has 3 amide bonds. The van der Waals surface area contributed by atoms with Crippen LogP contribution >= 0.6 is 31.9 Å². The molecular weight excluding hydrogens is 508 g/mol. The van der Waals surface area contributed by atoms with Gasteiger partial charge in [-0.1, -0.05) is 50.1 Å². The minimum atomic E-state index is -0.784. The van der Waals surface area contributed by atoms with Crippen LogP contribution in [0.15, 0.2) is 18.2 Å². The van der Waals surface area contributed by atoms with Gasteiger partial charge in [-0.25, -0.2) is 0 Å². The average Bonchev–Trinajstić information content (AvgIpc) is 2.88.